The van der Waals surface area contributed by atoms with Crippen molar-refractivity contribution in [3.63, 3.8) is 0 Å². The molecule has 0 spiro atoms. The summed E-state index contributed by atoms with van der Waals surface area (Å²) in [5, 5.41) is 3.66. The van der Waals surface area contributed by atoms with Crippen LogP contribution >= 0.6 is 23.2 Å². The zero-order valence-electron chi connectivity index (χ0n) is 24.7. The third kappa shape index (κ3) is 8.06. The van der Waals surface area contributed by atoms with Crippen molar-refractivity contribution < 1.29 is 18.0 Å². The van der Waals surface area contributed by atoms with Crippen LogP contribution in [-0.4, -0.2) is 43.8 Å². The number of benzene rings is 3. The van der Waals surface area contributed by atoms with Crippen LogP contribution in [0.3, 0.4) is 0 Å². The summed E-state index contributed by atoms with van der Waals surface area (Å²) in [7, 11) is -4.15. The minimum absolute atomic E-state index is 0.0377. The number of nitrogens with zero attached hydrogens (tertiary/aromatic N) is 2. The van der Waals surface area contributed by atoms with E-state index < -0.39 is 28.5 Å². The molecule has 0 heterocycles. The Bertz CT molecular complexity index is 1500. The highest BCUT2D eigenvalue weighted by molar-refractivity contribution is 7.92. The van der Waals surface area contributed by atoms with Gasteiger partial charge in [-0.1, -0.05) is 85.9 Å². The number of para-hydroxylation sites is 1. The fourth-order valence-electron chi connectivity index (χ4n) is 4.60. The van der Waals surface area contributed by atoms with E-state index in [-0.39, 0.29) is 23.4 Å². The Morgan fingerprint density at radius 3 is 2.17 bits per heavy atom. The van der Waals surface area contributed by atoms with Gasteiger partial charge in [0.1, 0.15) is 12.6 Å². The molecule has 0 aliphatic heterocycles. The third-order valence-corrected chi connectivity index (χ3v) is 9.77. The first-order valence-corrected chi connectivity index (χ1v) is 16.3. The van der Waals surface area contributed by atoms with E-state index in [2.05, 4.69) is 5.32 Å². The molecule has 2 atom stereocenters. The zero-order chi connectivity index (χ0) is 31.0. The van der Waals surface area contributed by atoms with Crippen LogP contribution in [0.15, 0.2) is 71.6 Å². The summed E-state index contributed by atoms with van der Waals surface area (Å²) < 4.78 is 29.4. The largest absolute Gasteiger partial charge is 0.352 e. The molecule has 226 valence electrons. The van der Waals surface area contributed by atoms with Gasteiger partial charge in [0.2, 0.25) is 11.8 Å². The summed E-state index contributed by atoms with van der Waals surface area (Å²) in [5.41, 5.74) is 2.77. The Kier molecular flexibility index (Phi) is 11.9. The molecule has 2 amide bonds. The maximum absolute atomic E-state index is 14.3. The van der Waals surface area contributed by atoms with Crippen LogP contribution in [0.2, 0.25) is 10.0 Å². The second kappa shape index (κ2) is 14.9. The molecule has 42 heavy (non-hydrogen) atoms. The molecule has 0 bridgehead atoms. The molecule has 10 heteroatoms. The highest BCUT2D eigenvalue weighted by Gasteiger charge is 2.34. The van der Waals surface area contributed by atoms with Gasteiger partial charge in [0.25, 0.3) is 10.0 Å². The molecule has 7 nitrogen and oxygen atoms in total. The standard InChI is InChI=1S/C32H39Cl2N3O4S/c1-6-23(5)35-32(39)29(8-3)36(20-24-15-18-27(33)28(34)19-24)31(38)21-37(30-12-10-9-11-25(30)7-2)42(40,41)26-16-13-22(4)14-17-26/h9-19,23,29H,6-8,20-21H2,1-5H3,(H,35,39). The number of halogens is 2. The van der Waals surface area contributed by atoms with Crippen LogP contribution < -0.4 is 9.62 Å². The van der Waals surface area contributed by atoms with Crippen molar-refractivity contribution in [3.05, 3.63) is 93.5 Å². The molecule has 0 aromatic heterocycles. The molecule has 0 saturated carbocycles. The average molecular weight is 633 g/mol. The second-order valence-corrected chi connectivity index (χ2v) is 13.0. The number of nitrogens with one attached hydrogen (secondary N) is 1. The van der Waals surface area contributed by atoms with E-state index >= 15 is 0 Å². The van der Waals surface area contributed by atoms with E-state index in [1.54, 1.807) is 54.6 Å². The molecule has 3 rings (SSSR count). The first-order chi connectivity index (χ1) is 19.9. The summed E-state index contributed by atoms with van der Waals surface area (Å²) in [6.07, 6.45) is 1.61. The Morgan fingerprint density at radius 2 is 1.57 bits per heavy atom. The van der Waals surface area contributed by atoms with Crippen LogP contribution in [0.25, 0.3) is 0 Å². The topological polar surface area (TPSA) is 86.8 Å². The summed E-state index contributed by atoms with van der Waals surface area (Å²) in [6.45, 7) is 9.03. The molecule has 0 radical (unpaired) electrons. The maximum Gasteiger partial charge on any atom is 0.264 e. The minimum atomic E-state index is -4.15. The van der Waals surface area contributed by atoms with Gasteiger partial charge < -0.3 is 10.2 Å². The Balaban J connectivity index is 2.11. The van der Waals surface area contributed by atoms with Gasteiger partial charge in [-0.25, -0.2) is 8.42 Å². The first-order valence-electron chi connectivity index (χ1n) is 14.1. The molecule has 0 saturated heterocycles. The van der Waals surface area contributed by atoms with Gasteiger partial charge in [0.05, 0.1) is 20.6 Å². The van der Waals surface area contributed by atoms with Crippen molar-refractivity contribution in [3.8, 4) is 0 Å². The molecule has 3 aromatic carbocycles. The van der Waals surface area contributed by atoms with E-state index in [9.17, 15) is 18.0 Å². The van der Waals surface area contributed by atoms with E-state index in [1.807, 2.05) is 46.8 Å². The number of carbonyl (C=O) groups excluding carboxylic acids is 2. The van der Waals surface area contributed by atoms with Gasteiger partial charge in [-0.2, -0.15) is 0 Å². The van der Waals surface area contributed by atoms with E-state index in [4.69, 9.17) is 23.2 Å². The maximum atomic E-state index is 14.3. The van der Waals surface area contributed by atoms with Crippen molar-refractivity contribution in [1.29, 1.82) is 0 Å². The van der Waals surface area contributed by atoms with Gasteiger partial charge >= 0.3 is 0 Å². The average Bonchev–Trinajstić information content (AvgIpc) is 2.97. The van der Waals surface area contributed by atoms with Crippen LogP contribution in [-0.2, 0) is 32.6 Å². The highest BCUT2D eigenvalue weighted by Crippen LogP contribution is 2.29. The predicted octanol–water partition coefficient (Wildman–Crippen LogP) is 6.78. The number of sulfonamides is 1. The SMILES string of the molecule is CCc1ccccc1N(CC(=O)N(Cc1ccc(Cl)c(Cl)c1)C(CC)C(=O)NC(C)CC)S(=O)(=O)c1ccc(C)cc1. The fourth-order valence-corrected chi connectivity index (χ4v) is 6.37. The molecule has 3 aromatic rings. The lowest BCUT2D eigenvalue weighted by Crippen LogP contribution is -2.53. The lowest BCUT2D eigenvalue weighted by Gasteiger charge is -2.34. The predicted molar refractivity (Wildman–Crippen MR) is 171 cm³/mol. The lowest BCUT2D eigenvalue weighted by molar-refractivity contribution is -0.140. The summed E-state index contributed by atoms with van der Waals surface area (Å²) in [4.78, 5) is 29.2. The minimum Gasteiger partial charge on any atom is -0.352 e. The second-order valence-electron chi connectivity index (χ2n) is 10.3. The Morgan fingerprint density at radius 1 is 0.905 bits per heavy atom. The lowest BCUT2D eigenvalue weighted by atomic mass is 10.1. The van der Waals surface area contributed by atoms with Crippen molar-refractivity contribution in [2.75, 3.05) is 10.8 Å². The van der Waals surface area contributed by atoms with Gasteiger partial charge in [-0.15, -0.1) is 0 Å². The summed E-state index contributed by atoms with van der Waals surface area (Å²) >= 11 is 12.4. The summed E-state index contributed by atoms with van der Waals surface area (Å²) in [6, 6.07) is 17.7. The summed E-state index contributed by atoms with van der Waals surface area (Å²) in [5.74, 6) is -0.823. The first kappa shape index (κ1) is 33.4. The Hall–Kier alpha value is -3.07. The van der Waals surface area contributed by atoms with Gasteiger partial charge in [0, 0.05) is 12.6 Å². The molecule has 1 N–H and O–H groups in total. The number of hydrogen-bond acceptors (Lipinski definition) is 4. The van der Waals surface area contributed by atoms with Gasteiger partial charge in [-0.05, 0) is 74.6 Å². The number of carbonyl (C=O) groups is 2. The van der Waals surface area contributed by atoms with E-state index in [1.165, 1.54) is 4.90 Å². The van der Waals surface area contributed by atoms with Crippen LogP contribution in [0, 0.1) is 6.92 Å². The fraction of sp³-hybridized carbons (Fsp3) is 0.375. The number of rotatable bonds is 13. The number of amides is 2. The molecular formula is C32H39Cl2N3O4S. The number of aryl methyl sites for hydroxylation is 2. The zero-order valence-corrected chi connectivity index (χ0v) is 27.1. The van der Waals surface area contributed by atoms with E-state index in [0.29, 0.717) is 34.1 Å². The van der Waals surface area contributed by atoms with Crippen LogP contribution in [0.4, 0.5) is 5.69 Å². The van der Waals surface area contributed by atoms with Gasteiger partial charge in [-0.3, -0.25) is 13.9 Å². The van der Waals surface area contributed by atoms with E-state index in [0.717, 1.165) is 21.9 Å². The van der Waals surface area contributed by atoms with Crippen molar-refractivity contribution in [2.24, 2.45) is 0 Å². The van der Waals surface area contributed by atoms with Crippen LogP contribution in [0.1, 0.15) is 57.2 Å². The van der Waals surface area contributed by atoms with Crippen molar-refractivity contribution in [1.82, 2.24) is 10.2 Å². The molecule has 2 unspecified atom stereocenters. The number of anilines is 1. The molecule has 0 fully saturated rings. The smallest absolute Gasteiger partial charge is 0.264 e. The Labute approximate surface area is 259 Å². The third-order valence-electron chi connectivity index (χ3n) is 7.25. The normalized spacial score (nSPS) is 12.8. The molecular weight excluding hydrogens is 593 g/mol. The van der Waals surface area contributed by atoms with Gasteiger partial charge in [0.15, 0.2) is 0 Å². The monoisotopic (exact) mass is 631 g/mol. The molecule has 0 aliphatic rings. The quantitative estimate of drug-likeness (QED) is 0.225. The van der Waals surface area contributed by atoms with Crippen LogP contribution in [0.5, 0.6) is 0 Å². The molecule has 0 aliphatic carbocycles. The number of hydrogen-bond donors (Lipinski definition) is 1. The van der Waals surface area contributed by atoms with Crippen molar-refractivity contribution >= 4 is 50.7 Å². The van der Waals surface area contributed by atoms with Crippen molar-refractivity contribution in [2.45, 2.75) is 77.4 Å². The highest BCUT2D eigenvalue weighted by atomic mass is 35.5.